The van der Waals surface area contributed by atoms with Crippen molar-refractivity contribution in [1.82, 2.24) is 15.0 Å². The third kappa shape index (κ3) is 3.18. The minimum Gasteiger partial charge on any atom is -0.339 e. The number of benzene rings is 2. The highest BCUT2D eigenvalue weighted by Gasteiger charge is 2.34. The van der Waals surface area contributed by atoms with Crippen LogP contribution in [0.25, 0.3) is 11.4 Å². The van der Waals surface area contributed by atoms with Crippen molar-refractivity contribution in [2.75, 3.05) is 6.54 Å². The monoisotopic (exact) mass is 333 g/mol. The molecule has 0 radical (unpaired) electrons. The highest BCUT2D eigenvalue weighted by atomic mass is 16.5. The zero-order valence-corrected chi connectivity index (χ0v) is 14.1. The van der Waals surface area contributed by atoms with Gasteiger partial charge in [-0.25, -0.2) is 0 Å². The average Bonchev–Trinajstić information content (AvgIpc) is 3.24. The Morgan fingerprint density at radius 1 is 1.12 bits per heavy atom. The third-order valence-corrected chi connectivity index (χ3v) is 4.61. The molecule has 1 unspecified atom stereocenters. The molecule has 1 aliphatic heterocycles. The molecule has 2 aromatic carbocycles. The molecule has 126 valence electrons. The largest absolute Gasteiger partial charge is 0.339 e. The second-order valence-electron chi connectivity index (χ2n) is 6.43. The van der Waals surface area contributed by atoms with Gasteiger partial charge in [0.05, 0.1) is 5.92 Å². The maximum atomic E-state index is 12.3. The molecule has 5 heteroatoms. The van der Waals surface area contributed by atoms with E-state index in [9.17, 15) is 4.79 Å². The van der Waals surface area contributed by atoms with Crippen LogP contribution in [0.2, 0.25) is 0 Å². The molecule has 0 N–H and O–H groups in total. The SMILES string of the molecule is Cc1ccccc1-c1noc(C2CC(=O)N(Cc3ccccc3)C2)n1. The summed E-state index contributed by atoms with van der Waals surface area (Å²) in [6.07, 6.45) is 0.419. The maximum absolute atomic E-state index is 12.3. The number of hydrogen-bond acceptors (Lipinski definition) is 4. The number of hydrogen-bond donors (Lipinski definition) is 0. The second-order valence-corrected chi connectivity index (χ2v) is 6.43. The Kier molecular flexibility index (Phi) is 4.06. The molecule has 1 fully saturated rings. The Morgan fingerprint density at radius 2 is 1.88 bits per heavy atom. The quantitative estimate of drug-likeness (QED) is 0.732. The molecular weight excluding hydrogens is 314 g/mol. The maximum Gasteiger partial charge on any atom is 0.232 e. The van der Waals surface area contributed by atoms with Crippen LogP contribution in [0.4, 0.5) is 0 Å². The molecule has 1 amide bonds. The normalized spacial score (nSPS) is 17.2. The predicted molar refractivity (Wildman–Crippen MR) is 93.7 cm³/mol. The van der Waals surface area contributed by atoms with Gasteiger partial charge in [0, 0.05) is 25.1 Å². The van der Waals surface area contributed by atoms with Gasteiger partial charge in [0.15, 0.2) is 0 Å². The summed E-state index contributed by atoms with van der Waals surface area (Å²) in [6.45, 7) is 3.25. The molecule has 1 saturated heterocycles. The van der Waals surface area contributed by atoms with Crippen molar-refractivity contribution in [2.24, 2.45) is 0 Å². The van der Waals surface area contributed by atoms with Crippen LogP contribution in [0, 0.1) is 6.92 Å². The summed E-state index contributed by atoms with van der Waals surface area (Å²) in [6, 6.07) is 17.9. The van der Waals surface area contributed by atoms with Crippen LogP contribution in [-0.4, -0.2) is 27.5 Å². The zero-order chi connectivity index (χ0) is 17.2. The van der Waals surface area contributed by atoms with Gasteiger partial charge >= 0.3 is 0 Å². The third-order valence-electron chi connectivity index (χ3n) is 4.61. The first-order valence-corrected chi connectivity index (χ1v) is 8.42. The lowest BCUT2D eigenvalue weighted by molar-refractivity contribution is -0.128. The Bertz CT molecular complexity index is 889. The van der Waals surface area contributed by atoms with Crippen molar-refractivity contribution in [2.45, 2.75) is 25.8 Å². The van der Waals surface area contributed by atoms with E-state index in [4.69, 9.17) is 4.52 Å². The number of nitrogens with zero attached hydrogens (tertiary/aromatic N) is 3. The first kappa shape index (κ1) is 15.6. The molecule has 4 rings (SSSR count). The van der Waals surface area contributed by atoms with Gasteiger partial charge in [-0.2, -0.15) is 4.98 Å². The zero-order valence-electron chi connectivity index (χ0n) is 14.1. The molecular formula is C20H19N3O2. The fraction of sp³-hybridized carbons (Fsp3) is 0.250. The molecule has 0 saturated carbocycles. The summed E-state index contributed by atoms with van der Waals surface area (Å²) < 4.78 is 5.46. The van der Waals surface area contributed by atoms with Crippen LogP contribution < -0.4 is 0 Å². The summed E-state index contributed by atoms with van der Waals surface area (Å²) in [5.41, 5.74) is 3.19. The van der Waals surface area contributed by atoms with Crippen molar-refractivity contribution in [3.63, 3.8) is 0 Å². The van der Waals surface area contributed by atoms with Gasteiger partial charge in [0.1, 0.15) is 0 Å². The van der Waals surface area contributed by atoms with E-state index in [1.165, 1.54) is 0 Å². The van der Waals surface area contributed by atoms with Crippen LogP contribution in [0.3, 0.4) is 0 Å². The van der Waals surface area contributed by atoms with E-state index >= 15 is 0 Å². The van der Waals surface area contributed by atoms with Crippen LogP contribution >= 0.6 is 0 Å². The molecule has 3 aromatic rings. The Balaban J connectivity index is 1.50. The summed E-state index contributed by atoms with van der Waals surface area (Å²) in [7, 11) is 0. The Morgan fingerprint density at radius 3 is 2.68 bits per heavy atom. The number of likely N-dealkylation sites (tertiary alicyclic amines) is 1. The molecule has 1 atom stereocenters. The number of carbonyl (C=O) groups is 1. The van der Waals surface area contributed by atoms with Crippen LogP contribution in [0.1, 0.15) is 29.4 Å². The van der Waals surface area contributed by atoms with Crippen molar-refractivity contribution in [1.29, 1.82) is 0 Å². The Labute approximate surface area is 146 Å². The van der Waals surface area contributed by atoms with Crippen molar-refractivity contribution in [3.8, 4) is 11.4 Å². The van der Waals surface area contributed by atoms with Crippen LogP contribution in [0.15, 0.2) is 59.1 Å². The molecule has 2 heterocycles. The minimum atomic E-state index is -0.0403. The van der Waals surface area contributed by atoms with Crippen molar-refractivity contribution in [3.05, 3.63) is 71.6 Å². The molecule has 1 aliphatic rings. The lowest BCUT2D eigenvalue weighted by atomic mass is 10.1. The standard InChI is InChI=1S/C20H19N3O2/c1-14-7-5-6-10-17(14)19-21-20(25-22-19)16-11-18(24)23(13-16)12-15-8-3-2-4-9-15/h2-10,16H,11-13H2,1H3. The molecule has 5 nitrogen and oxygen atoms in total. The van der Waals surface area contributed by atoms with E-state index in [1.807, 2.05) is 66.4 Å². The lowest BCUT2D eigenvalue weighted by Crippen LogP contribution is -2.24. The van der Waals surface area contributed by atoms with E-state index < -0.39 is 0 Å². The first-order valence-electron chi connectivity index (χ1n) is 8.42. The number of rotatable bonds is 4. The molecule has 1 aromatic heterocycles. The van der Waals surface area contributed by atoms with Crippen molar-refractivity contribution < 1.29 is 9.32 Å². The van der Waals surface area contributed by atoms with E-state index in [2.05, 4.69) is 10.1 Å². The van der Waals surface area contributed by atoms with Gasteiger partial charge in [-0.3, -0.25) is 4.79 Å². The van der Waals surface area contributed by atoms with Gasteiger partial charge < -0.3 is 9.42 Å². The van der Waals surface area contributed by atoms with Gasteiger partial charge in [0.25, 0.3) is 0 Å². The van der Waals surface area contributed by atoms with Gasteiger partial charge in [-0.1, -0.05) is 59.8 Å². The molecule has 25 heavy (non-hydrogen) atoms. The van der Waals surface area contributed by atoms with Crippen molar-refractivity contribution >= 4 is 5.91 Å². The predicted octanol–water partition coefficient (Wildman–Crippen LogP) is 3.56. The van der Waals surface area contributed by atoms with E-state index in [0.717, 1.165) is 16.7 Å². The topological polar surface area (TPSA) is 59.2 Å². The fourth-order valence-electron chi connectivity index (χ4n) is 3.23. The fourth-order valence-corrected chi connectivity index (χ4v) is 3.23. The number of carbonyl (C=O) groups excluding carboxylic acids is 1. The average molecular weight is 333 g/mol. The van der Waals surface area contributed by atoms with Crippen LogP contribution in [0.5, 0.6) is 0 Å². The summed E-state index contributed by atoms with van der Waals surface area (Å²) in [4.78, 5) is 18.7. The summed E-state index contributed by atoms with van der Waals surface area (Å²) in [5.74, 6) is 1.22. The molecule has 0 spiro atoms. The summed E-state index contributed by atoms with van der Waals surface area (Å²) >= 11 is 0. The van der Waals surface area contributed by atoms with E-state index in [0.29, 0.717) is 31.2 Å². The van der Waals surface area contributed by atoms with Crippen LogP contribution in [-0.2, 0) is 11.3 Å². The van der Waals surface area contributed by atoms with Gasteiger partial charge in [-0.15, -0.1) is 0 Å². The van der Waals surface area contributed by atoms with E-state index in [1.54, 1.807) is 0 Å². The van der Waals surface area contributed by atoms with Gasteiger partial charge in [-0.05, 0) is 18.1 Å². The number of aromatic nitrogens is 2. The molecule has 0 bridgehead atoms. The van der Waals surface area contributed by atoms with Gasteiger partial charge in [0.2, 0.25) is 17.6 Å². The smallest absolute Gasteiger partial charge is 0.232 e. The summed E-state index contributed by atoms with van der Waals surface area (Å²) in [5, 5.41) is 4.11. The number of amides is 1. The van der Waals surface area contributed by atoms with E-state index in [-0.39, 0.29) is 11.8 Å². The highest BCUT2D eigenvalue weighted by Crippen LogP contribution is 2.30. The first-order chi connectivity index (χ1) is 12.2. The lowest BCUT2D eigenvalue weighted by Gasteiger charge is -2.15. The second kappa shape index (κ2) is 6.51. The minimum absolute atomic E-state index is 0.0403. The highest BCUT2D eigenvalue weighted by molar-refractivity contribution is 5.79. The Hall–Kier alpha value is -2.95. The molecule has 0 aliphatic carbocycles. The number of aryl methyl sites for hydroxylation is 1.